The van der Waals surface area contributed by atoms with Crippen molar-refractivity contribution in [2.45, 2.75) is 26.4 Å². The van der Waals surface area contributed by atoms with Crippen molar-refractivity contribution in [1.29, 1.82) is 0 Å². The number of hydrogen-bond acceptors (Lipinski definition) is 1. The Kier molecular flexibility index (Phi) is 3.02. The molecular formula is C12H13FN4. The van der Waals surface area contributed by atoms with Crippen molar-refractivity contribution in [3.8, 4) is 0 Å². The van der Waals surface area contributed by atoms with Crippen molar-refractivity contribution in [3.63, 3.8) is 0 Å². The first-order valence-corrected chi connectivity index (χ1v) is 5.41. The van der Waals surface area contributed by atoms with Crippen LogP contribution in [0.25, 0.3) is 21.3 Å². The number of nitrogens with zero attached hydrogens (tertiary/aromatic N) is 4. The van der Waals surface area contributed by atoms with Crippen LogP contribution in [0, 0.1) is 12.7 Å². The van der Waals surface area contributed by atoms with Gasteiger partial charge in [0.2, 0.25) is 0 Å². The Morgan fingerprint density at radius 2 is 2.29 bits per heavy atom. The number of aromatic nitrogens is 1. The summed E-state index contributed by atoms with van der Waals surface area (Å²) in [4.78, 5) is 2.78. The average molecular weight is 232 g/mol. The van der Waals surface area contributed by atoms with Crippen LogP contribution in [-0.4, -0.2) is 10.6 Å². The van der Waals surface area contributed by atoms with E-state index in [0.717, 1.165) is 16.5 Å². The van der Waals surface area contributed by atoms with Crippen LogP contribution in [0.5, 0.6) is 0 Å². The topological polar surface area (TPSA) is 53.7 Å². The first kappa shape index (κ1) is 11.5. The molecular weight excluding hydrogens is 219 g/mol. The Hall–Kier alpha value is -2.00. The second-order valence-electron chi connectivity index (χ2n) is 4.18. The molecule has 0 aliphatic rings. The third kappa shape index (κ3) is 2.24. The molecule has 1 atom stereocenters. The van der Waals surface area contributed by atoms with Gasteiger partial charge in [-0.2, -0.15) is 0 Å². The van der Waals surface area contributed by atoms with Gasteiger partial charge in [0.05, 0.1) is 6.04 Å². The maximum Gasteiger partial charge on any atom is 0.123 e. The summed E-state index contributed by atoms with van der Waals surface area (Å²) >= 11 is 0. The van der Waals surface area contributed by atoms with Crippen molar-refractivity contribution >= 4 is 10.9 Å². The van der Waals surface area contributed by atoms with Crippen molar-refractivity contribution < 1.29 is 4.39 Å². The zero-order valence-electron chi connectivity index (χ0n) is 9.76. The molecule has 0 saturated heterocycles. The number of halogens is 1. The van der Waals surface area contributed by atoms with Crippen LogP contribution in [0.2, 0.25) is 0 Å². The van der Waals surface area contributed by atoms with Gasteiger partial charge in [0.1, 0.15) is 5.82 Å². The summed E-state index contributed by atoms with van der Waals surface area (Å²) in [6, 6.07) is 4.59. The molecule has 0 aliphatic heterocycles. The molecule has 1 aromatic carbocycles. The molecule has 2 rings (SSSR count). The highest BCUT2D eigenvalue weighted by molar-refractivity contribution is 5.83. The zero-order chi connectivity index (χ0) is 12.4. The summed E-state index contributed by atoms with van der Waals surface area (Å²) in [5.74, 6) is -0.235. The van der Waals surface area contributed by atoms with E-state index in [-0.39, 0.29) is 11.9 Å². The van der Waals surface area contributed by atoms with E-state index in [2.05, 4.69) is 10.0 Å². The van der Waals surface area contributed by atoms with Gasteiger partial charge in [-0.15, -0.1) is 0 Å². The van der Waals surface area contributed by atoms with Gasteiger partial charge in [-0.05, 0) is 36.2 Å². The molecule has 0 N–H and O–H groups in total. The second kappa shape index (κ2) is 4.47. The molecule has 0 spiro atoms. The predicted octanol–water partition coefficient (Wildman–Crippen LogP) is 3.79. The molecule has 1 aromatic heterocycles. The molecule has 4 nitrogen and oxygen atoms in total. The molecule has 1 unspecified atom stereocenters. The maximum atomic E-state index is 13.1. The predicted molar refractivity (Wildman–Crippen MR) is 65.2 cm³/mol. The largest absolute Gasteiger partial charge is 0.347 e. The van der Waals surface area contributed by atoms with Crippen LogP contribution in [0.3, 0.4) is 0 Å². The average Bonchev–Trinajstić information content (AvgIpc) is 2.56. The van der Waals surface area contributed by atoms with Crippen molar-refractivity contribution in [3.05, 3.63) is 46.2 Å². The van der Waals surface area contributed by atoms with Crippen LogP contribution in [-0.2, 0) is 6.54 Å². The Morgan fingerprint density at radius 1 is 1.53 bits per heavy atom. The monoisotopic (exact) mass is 232 g/mol. The molecule has 2 aromatic rings. The van der Waals surface area contributed by atoms with Crippen molar-refractivity contribution in [1.82, 2.24) is 4.57 Å². The molecule has 0 aliphatic carbocycles. The summed E-state index contributed by atoms with van der Waals surface area (Å²) in [6.45, 7) is 4.39. The Bertz CT molecular complexity index is 596. The first-order chi connectivity index (χ1) is 8.11. The minimum absolute atomic E-state index is 0.125. The van der Waals surface area contributed by atoms with Gasteiger partial charge in [0, 0.05) is 28.6 Å². The quantitative estimate of drug-likeness (QED) is 0.439. The number of hydrogen-bond donors (Lipinski definition) is 0. The van der Waals surface area contributed by atoms with Gasteiger partial charge in [0.15, 0.2) is 0 Å². The molecule has 0 fully saturated rings. The number of fused-ring (bicyclic) bond motifs is 1. The zero-order valence-corrected chi connectivity index (χ0v) is 9.76. The number of aryl methyl sites for hydroxylation is 1. The van der Waals surface area contributed by atoms with Crippen LogP contribution >= 0.6 is 0 Å². The van der Waals surface area contributed by atoms with E-state index in [1.807, 2.05) is 24.6 Å². The fourth-order valence-electron chi connectivity index (χ4n) is 2.01. The molecule has 0 bridgehead atoms. The Labute approximate surface area is 98.3 Å². The van der Waals surface area contributed by atoms with E-state index in [1.54, 1.807) is 6.07 Å². The van der Waals surface area contributed by atoms with Gasteiger partial charge in [-0.3, -0.25) is 0 Å². The van der Waals surface area contributed by atoms with Crippen LogP contribution in [0.15, 0.2) is 29.5 Å². The maximum absolute atomic E-state index is 13.1. The van der Waals surface area contributed by atoms with Gasteiger partial charge in [0.25, 0.3) is 0 Å². The lowest BCUT2D eigenvalue weighted by Gasteiger charge is -2.07. The van der Waals surface area contributed by atoms with E-state index >= 15 is 0 Å². The second-order valence-corrected chi connectivity index (χ2v) is 4.18. The summed E-state index contributed by atoms with van der Waals surface area (Å²) in [7, 11) is 0. The van der Waals surface area contributed by atoms with E-state index in [4.69, 9.17) is 5.53 Å². The first-order valence-electron chi connectivity index (χ1n) is 5.41. The number of benzene rings is 1. The third-order valence-corrected chi connectivity index (χ3v) is 2.75. The highest BCUT2D eigenvalue weighted by atomic mass is 19.1. The lowest BCUT2D eigenvalue weighted by atomic mass is 10.2. The van der Waals surface area contributed by atoms with Crippen LogP contribution in [0.4, 0.5) is 4.39 Å². The number of azide groups is 1. The molecule has 0 radical (unpaired) electrons. The van der Waals surface area contributed by atoms with Gasteiger partial charge < -0.3 is 4.57 Å². The Morgan fingerprint density at radius 3 is 3.00 bits per heavy atom. The lowest BCUT2D eigenvalue weighted by Crippen LogP contribution is -2.08. The van der Waals surface area contributed by atoms with Crippen molar-refractivity contribution in [2.24, 2.45) is 5.11 Å². The Balaban J connectivity index is 2.45. The smallest absolute Gasteiger partial charge is 0.123 e. The van der Waals surface area contributed by atoms with Gasteiger partial charge >= 0.3 is 0 Å². The fraction of sp³-hybridized carbons (Fsp3) is 0.333. The number of rotatable bonds is 3. The van der Waals surface area contributed by atoms with Crippen LogP contribution < -0.4 is 0 Å². The van der Waals surface area contributed by atoms with E-state index in [9.17, 15) is 4.39 Å². The van der Waals surface area contributed by atoms with E-state index in [1.165, 1.54) is 12.1 Å². The van der Waals surface area contributed by atoms with Gasteiger partial charge in [-0.25, -0.2) is 4.39 Å². The standard InChI is InChI=1S/C12H13FN4/c1-8-6-17(7-9(2)15-16-14)12-4-3-10(13)5-11(8)12/h3-6,9H,7H2,1-2H3. The van der Waals surface area contributed by atoms with Crippen LogP contribution in [0.1, 0.15) is 12.5 Å². The summed E-state index contributed by atoms with van der Waals surface area (Å²) in [5.41, 5.74) is 10.4. The molecule has 0 amide bonds. The minimum Gasteiger partial charge on any atom is -0.347 e. The third-order valence-electron chi connectivity index (χ3n) is 2.75. The summed E-state index contributed by atoms with van der Waals surface area (Å²) in [5, 5.41) is 4.54. The molecule has 5 heteroatoms. The molecule has 88 valence electrons. The highest BCUT2D eigenvalue weighted by Crippen LogP contribution is 2.22. The van der Waals surface area contributed by atoms with Gasteiger partial charge in [-0.1, -0.05) is 12.0 Å². The van der Waals surface area contributed by atoms with E-state index < -0.39 is 0 Å². The van der Waals surface area contributed by atoms with E-state index in [0.29, 0.717) is 6.54 Å². The summed E-state index contributed by atoms with van der Waals surface area (Å²) in [6.07, 6.45) is 1.95. The summed E-state index contributed by atoms with van der Waals surface area (Å²) < 4.78 is 15.1. The lowest BCUT2D eigenvalue weighted by molar-refractivity contribution is 0.601. The normalized spacial score (nSPS) is 12.4. The SMILES string of the molecule is Cc1cn(CC(C)N=[N+]=[N-])c2ccc(F)cc12. The minimum atomic E-state index is -0.235. The fourth-order valence-corrected chi connectivity index (χ4v) is 2.01. The highest BCUT2D eigenvalue weighted by Gasteiger charge is 2.08. The molecule has 17 heavy (non-hydrogen) atoms. The molecule has 1 heterocycles. The van der Waals surface area contributed by atoms with Crippen molar-refractivity contribution in [2.75, 3.05) is 0 Å². The molecule has 0 saturated carbocycles.